The molecule has 0 aliphatic heterocycles. The minimum Gasteiger partial charge on any atom is -0.481 e. The standard InChI is InChI=1S/C23H28N2O4S2/c1-2-12-31-23-17(22(28)24-16-6-4-3-5-7-16)9-10-18(25-23)15-8-11-19(20(30)13-15)29-14-21(26)27/h8-11,13,16,30H,2-7,12,14H2,1H3,(H,24,28)(H,26,27). The summed E-state index contributed by atoms with van der Waals surface area (Å²) < 4.78 is 5.24. The number of carboxylic acids is 1. The number of ether oxygens (including phenoxy) is 1. The van der Waals surface area contributed by atoms with Crippen LogP contribution in [0.3, 0.4) is 0 Å². The van der Waals surface area contributed by atoms with Crippen LogP contribution in [0.1, 0.15) is 55.8 Å². The number of thiol groups is 1. The van der Waals surface area contributed by atoms with Crippen molar-refractivity contribution in [3.63, 3.8) is 0 Å². The van der Waals surface area contributed by atoms with Crippen molar-refractivity contribution in [2.45, 2.75) is 61.4 Å². The Morgan fingerprint density at radius 3 is 2.68 bits per heavy atom. The first-order valence-electron chi connectivity index (χ1n) is 10.6. The quantitative estimate of drug-likeness (QED) is 0.358. The fraction of sp³-hybridized carbons (Fsp3) is 0.435. The molecule has 3 rings (SSSR count). The Balaban J connectivity index is 1.82. The number of aliphatic carboxylic acids is 1. The van der Waals surface area contributed by atoms with Gasteiger partial charge in [-0.05, 0) is 55.3 Å². The van der Waals surface area contributed by atoms with E-state index >= 15 is 0 Å². The molecule has 6 nitrogen and oxygen atoms in total. The second-order valence-electron chi connectivity index (χ2n) is 7.57. The van der Waals surface area contributed by atoms with E-state index in [4.69, 9.17) is 14.8 Å². The first kappa shape index (κ1) is 23.5. The van der Waals surface area contributed by atoms with E-state index in [0.717, 1.165) is 54.1 Å². The molecular formula is C23H28N2O4S2. The van der Waals surface area contributed by atoms with Crippen LogP contribution in [0, 0.1) is 0 Å². The number of hydrogen-bond donors (Lipinski definition) is 3. The van der Waals surface area contributed by atoms with Crippen molar-refractivity contribution < 1.29 is 19.4 Å². The topological polar surface area (TPSA) is 88.5 Å². The van der Waals surface area contributed by atoms with Crippen LogP contribution in [0.5, 0.6) is 5.75 Å². The molecule has 1 aliphatic rings. The highest BCUT2D eigenvalue weighted by atomic mass is 32.2. The number of aromatic nitrogens is 1. The van der Waals surface area contributed by atoms with Gasteiger partial charge in [0.25, 0.3) is 5.91 Å². The number of benzene rings is 1. The third kappa shape index (κ3) is 6.64. The highest BCUT2D eigenvalue weighted by Gasteiger charge is 2.20. The van der Waals surface area contributed by atoms with E-state index in [1.165, 1.54) is 6.42 Å². The number of rotatable bonds is 9. The first-order chi connectivity index (χ1) is 15.0. The maximum Gasteiger partial charge on any atom is 0.341 e. The van der Waals surface area contributed by atoms with Gasteiger partial charge >= 0.3 is 5.97 Å². The Hall–Kier alpha value is -2.19. The zero-order chi connectivity index (χ0) is 22.2. The van der Waals surface area contributed by atoms with E-state index in [9.17, 15) is 9.59 Å². The average molecular weight is 461 g/mol. The number of pyridine rings is 1. The number of carboxylic acid groups (broad SMARTS) is 1. The lowest BCUT2D eigenvalue weighted by Gasteiger charge is -2.23. The van der Waals surface area contributed by atoms with E-state index in [0.29, 0.717) is 16.2 Å². The van der Waals surface area contributed by atoms with E-state index < -0.39 is 12.6 Å². The van der Waals surface area contributed by atoms with E-state index in [2.05, 4.69) is 24.9 Å². The number of carbonyl (C=O) groups excluding carboxylic acids is 1. The monoisotopic (exact) mass is 460 g/mol. The second kappa shape index (κ2) is 11.4. The van der Waals surface area contributed by atoms with Gasteiger partial charge in [-0.2, -0.15) is 0 Å². The average Bonchev–Trinajstić information content (AvgIpc) is 2.77. The zero-order valence-corrected chi connectivity index (χ0v) is 19.3. The molecule has 0 bridgehead atoms. The molecule has 1 aromatic heterocycles. The van der Waals surface area contributed by atoms with E-state index in [1.54, 1.807) is 23.9 Å². The predicted octanol–water partition coefficient (Wildman–Crippen LogP) is 5.07. The number of hydrogen-bond acceptors (Lipinski definition) is 6. The zero-order valence-electron chi connectivity index (χ0n) is 17.6. The van der Waals surface area contributed by atoms with Crippen LogP contribution in [-0.4, -0.2) is 40.4 Å². The van der Waals surface area contributed by atoms with Crippen molar-refractivity contribution >= 4 is 36.3 Å². The summed E-state index contributed by atoms with van der Waals surface area (Å²) in [5.41, 5.74) is 2.17. The normalized spacial score (nSPS) is 14.3. The van der Waals surface area contributed by atoms with Crippen LogP contribution in [-0.2, 0) is 4.79 Å². The maximum atomic E-state index is 12.9. The van der Waals surface area contributed by atoms with Crippen molar-refractivity contribution in [1.82, 2.24) is 10.3 Å². The number of carbonyl (C=O) groups is 2. The van der Waals surface area contributed by atoms with Gasteiger partial charge in [0.05, 0.1) is 11.3 Å². The van der Waals surface area contributed by atoms with E-state index in [-0.39, 0.29) is 11.9 Å². The summed E-state index contributed by atoms with van der Waals surface area (Å²) in [7, 11) is 0. The van der Waals surface area contributed by atoms with Crippen molar-refractivity contribution in [2.75, 3.05) is 12.4 Å². The van der Waals surface area contributed by atoms with Crippen molar-refractivity contribution in [2.24, 2.45) is 0 Å². The Labute approximate surface area is 192 Å². The Morgan fingerprint density at radius 1 is 1.23 bits per heavy atom. The lowest BCUT2D eigenvalue weighted by atomic mass is 9.95. The van der Waals surface area contributed by atoms with Crippen LogP contribution >= 0.6 is 24.4 Å². The molecule has 1 aliphatic carbocycles. The predicted molar refractivity (Wildman–Crippen MR) is 125 cm³/mol. The molecule has 1 amide bonds. The summed E-state index contributed by atoms with van der Waals surface area (Å²) in [6.07, 6.45) is 6.63. The molecular weight excluding hydrogens is 432 g/mol. The summed E-state index contributed by atoms with van der Waals surface area (Å²) in [6.45, 7) is 1.68. The van der Waals surface area contributed by atoms with Gasteiger partial charge in [0, 0.05) is 16.5 Å². The molecule has 2 aromatic rings. The van der Waals surface area contributed by atoms with Gasteiger partial charge in [0.1, 0.15) is 10.8 Å². The highest BCUT2D eigenvalue weighted by molar-refractivity contribution is 7.99. The number of amides is 1. The molecule has 0 spiro atoms. The Kier molecular flexibility index (Phi) is 8.66. The van der Waals surface area contributed by atoms with Crippen LogP contribution in [0.15, 0.2) is 40.3 Å². The van der Waals surface area contributed by atoms with Gasteiger partial charge in [-0.1, -0.05) is 26.2 Å². The molecule has 1 aromatic carbocycles. The SMILES string of the molecule is CCCSc1nc(-c2ccc(OCC(=O)O)c(S)c2)ccc1C(=O)NC1CCCCC1. The minimum absolute atomic E-state index is 0.0585. The lowest BCUT2D eigenvalue weighted by molar-refractivity contribution is -0.139. The number of nitrogens with one attached hydrogen (secondary N) is 1. The molecule has 31 heavy (non-hydrogen) atoms. The fourth-order valence-electron chi connectivity index (χ4n) is 3.53. The molecule has 1 fully saturated rings. The van der Waals surface area contributed by atoms with Crippen molar-refractivity contribution in [3.05, 3.63) is 35.9 Å². The van der Waals surface area contributed by atoms with Gasteiger partial charge in [-0.15, -0.1) is 24.4 Å². The van der Waals surface area contributed by atoms with Crippen LogP contribution in [0.2, 0.25) is 0 Å². The maximum absolute atomic E-state index is 12.9. The van der Waals surface area contributed by atoms with Crippen LogP contribution in [0.4, 0.5) is 0 Å². The van der Waals surface area contributed by atoms with E-state index in [1.807, 2.05) is 18.2 Å². The third-order valence-corrected chi connectivity index (χ3v) is 6.64. The van der Waals surface area contributed by atoms with Gasteiger partial charge in [-0.3, -0.25) is 4.79 Å². The lowest BCUT2D eigenvalue weighted by Crippen LogP contribution is -2.36. The molecule has 1 saturated carbocycles. The minimum atomic E-state index is -1.04. The molecule has 1 heterocycles. The highest BCUT2D eigenvalue weighted by Crippen LogP contribution is 2.31. The van der Waals surface area contributed by atoms with Crippen LogP contribution in [0.25, 0.3) is 11.3 Å². The summed E-state index contributed by atoms with van der Waals surface area (Å²) in [6, 6.07) is 9.21. The molecule has 0 atom stereocenters. The number of nitrogens with zero attached hydrogens (tertiary/aromatic N) is 1. The summed E-state index contributed by atoms with van der Waals surface area (Å²) in [5, 5.41) is 12.7. The molecule has 8 heteroatoms. The van der Waals surface area contributed by atoms with Crippen molar-refractivity contribution in [3.8, 4) is 17.0 Å². The summed E-state index contributed by atoms with van der Waals surface area (Å²) in [4.78, 5) is 28.9. The molecule has 0 unspecified atom stereocenters. The van der Waals surface area contributed by atoms with Gasteiger partial charge in [-0.25, -0.2) is 9.78 Å². The summed E-state index contributed by atoms with van der Waals surface area (Å²) >= 11 is 6.00. The Morgan fingerprint density at radius 2 is 2.00 bits per heavy atom. The molecule has 166 valence electrons. The molecule has 0 radical (unpaired) electrons. The van der Waals surface area contributed by atoms with Gasteiger partial charge in [0.15, 0.2) is 6.61 Å². The first-order valence-corrected chi connectivity index (χ1v) is 12.0. The fourth-order valence-corrected chi connectivity index (χ4v) is 4.69. The van der Waals surface area contributed by atoms with Gasteiger partial charge < -0.3 is 15.2 Å². The molecule has 0 saturated heterocycles. The third-order valence-electron chi connectivity index (χ3n) is 5.09. The summed E-state index contributed by atoms with van der Waals surface area (Å²) in [5.74, 6) is 0.175. The van der Waals surface area contributed by atoms with Crippen LogP contribution < -0.4 is 10.1 Å². The smallest absolute Gasteiger partial charge is 0.341 e. The molecule has 2 N–H and O–H groups in total. The van der Waals surface area contributed by atoms with Gasteiger partial charge in [0.2, 0.25) is 0 Å². The second-order valence-corrected chi connectivity index (χ2v) is 9.14. The number of thioether (sulfide) groups is 1. The Bertz CT molecular complexity index is 930. The van der Waals surface area contributed by atoms with Crippen molar-refractivity contribution in [1.29, 1.82) is 0 Å². The largest absolute Gasteiger partial charge is 0.481 e.